The molecule has 1 aliphatic heterocycles. The summed E-state index contributed by atoms with van der Waals surface area (Å²) in [6.45, 7) is 12.9. The number of nitrogens with zero attached hydrogens (tertiary/aromatic N) is 2. The molecule has 2 aromatic rings. The molecule has 1 aromatic carbocycles. The van der Waals surface area contributed by atoms with Crippen LogP contribution >= 0.6 is 11.8 Å². The number of benzene rings is 1. The van der Waals surface area contributed by atoms with Crippen molar-refractivity contribution in [3.8, 4) is 17.6 Å². The van der Waals surface area contributed by atoms with E-state index in [0.717, 1.165) is 34.7 Å². The smallest absolute Gasteiger partial charge is 0.131 e. The normalized spacial score (nSPS) is 17.1. The van der Waals surface area contributed by atoms with Gasteiger partial charge in [0.25, 0.3) is 0 Å². The van der Waals surface area contributed by atoms with Gasteiger partial charge in [-0.05, 0) is 55.9 Å². The lowest BCUT2D eigenvalue weighted by atomic mass is 9.73. The Kier molecular flexibility index (Phi) is 6.57. The van der Waals surface area contributed by atoms with Crippen LogP contribution in [0.2, 0.25) is 0 Å². The van der Waals surface area contributed by atoms with E-state index < -0.39 is 0 Å². The third-order valence-corrected chi connectivity index (χ3v) is 6.28. The highest BCUT2D eigenvalue weighted by Crippen LogP contribution is 2.46. The zero-order valence-electron chi connectivity index (χ0n) is 18.7. The lowest BCUT2D eigenvalue weighted by Crippen LogP contribution is -2.41. The summed E-state index contributed by atoms with van der Waals surface area (Å²) in [6, 6.07) is 4.32. The number of hydrogen-bond donors (Lipinski definition) is 0. The number of aromatic nitrogens is 2. The quantitative estimate of drug-likeness (QED) is 0.361. The minimum atomic E-state index is -0.209. The molecule has 1 aromatic heterocycles. The zero-order chi connectivity index (χ0) is 21.9. The van der Waals surface area contributed by atoms with E-state index in [2.05, 4.69) is 68.6 Å². The van der Waals surface area contributed by atoms with Crippen LogP contribution in [-0.4, -0.2) is 27.6 Å². The van der Waals surface area contributed by atoms with E-state index in [1.165, 1.54) is 5.56 Å². The van der Waals surface area contributed by atoms with Gasteiger partial charge in [-0.2, -0.15) is 0 Å². The summed E-state index contributed by atoms with van der Waals surface area (Å²) in [4.78, 5) is 21.0. The molecule has 0 radical (unpaired) electrons. The molecule has 0 aliphatic carbocycles. The van der Waals surface area contributed by atoms with Crippen LogP contribution < -0.4 is 4.74 Å². The molecule has 1 atom stereocenters. The van der Waals surface area contributed by atoms with Gasteiger partial charge in [0.1, 0.15) is 23.3 Å². The topological polar surface area (TPSA) is 52.1 Å². The number of rotatable bonds is 5. The first-order chi connectivity index (χ1) is 14.2. The Morgan fingerprint density at radius 1 is 1.17 bits per heavy atom. The van der Waals surface area contributed by atoms with Crippen molar-refractivity contribution in [3.05, 3.63) is 47.0 Å². The van der Waals surface area contributed by atoms with E-state index in [0.29, 0.717) is 17.8 Å². The highest BCUT2D eigenvalue weighted by atomic mass is 32.2. The van der Waals surface area contributed by atoms with Crippen molar-refractivity contribution in [2.75, 3.05) is 5.75 Å². The fourth-order valence-corrected chi connectivity index (χ4v) is 4.91. The summed E-state index contributed by atoms with van der Waals surface area (Å²) in [7, 11) is 0. The van der Waals surface area contributed by atoms with Crippen molar-refractivity contribution in [2.45, 2.75) is 76.2 Å². The van der Waals surface area contributed by atoms with Gasteiger partial charge in [0.15, 0.2) is 0 Å². The van der Waals surface area contributed by atoms with Crippen LogP contribution in [0, 0.1) is 11.8 Å². The van der Waals surface area contributed by atoms with Gasteiger partial charge in [-0.25, -0.2) is 4.98 Å². The lowest BCUT2D eigenvalue weighted by molar-refractivity contribution is -0.109. The Hall–Kier alpha value is -2.32. The van der Waals surface area contributed by atoms with E-state index in [1.807, 2.05) is 6.92 Å². The maximum Gasteiger partial charge on any atom is 0.131 e. The van der Waals surface area contributed by atoms with Crippen LogP contribution in [0.25, 0.3) is 0 Å². The van der Waals surface area contributed by atoms with Crippen molar-refractivity contribution in [1.29, 1.82) is 0 Å². The summed E-state index contributed by atoms with van der Waals surface area (Å²) < 4.78 is 6.30. The van der Waals surface area contributed by atoms with Gasteiger partial charge < -0.3 is 9.53 Å². The van der Waals surface area contributed by atoms with Gasteiger partial charge in [-0.15, -0.1) is 11.8 Å². The van der Waals surface area contributed by atoms with Crippen LogP contribution in [0.3, 0.4) is 0 Å². The monoisotopic (exact) mass is 422 g/mol. The summed E-state index contributed by atoms with van der Waals surface area (Å²) in [5.74, 6) is 8.16. The highest BCUT2D eigenvalue weighted by Gasteiger charge is 2.39. The standard InChI is InChI=1S/C25H30N2O2S/c1-7-17(15-28)21-14-26-19(13-27-21)10-9-18-11-20-22(12-23(18)30-8-2)29-25(5,6)16-24(20,3)4/h11-15,17H,7-8,16H2,1-6H3. The fraction of sp³-hybridized carbons (Fsp3) is 0.480. The van der Waals surface area contributed by atoms with Crippen LogP contribution in [0.5, 0.6) is 5.75 Å². The maximum absolute atomic E-state index is 11.1. The Morgan fingerprint density at radius 3 is 2.53 bits per heavy atom. The molecule has 4 nitrogen and oxygen atoms in total. The number of aldehydes is 1. The van der Waals surface area contributed by atoms with Gasteiger partial charge in [0.05, 0.1) is 24.0 Å². The van der Waals surface area contributed by atoms with Crippen LogP contribution in [-0.2, 0) is 10.2 Å². The first-order valence-electron chi connectivity index (χ1n) is 10.5. The summed E-state index contributed by atoms with van der Waals surface area (Å²) in [5, 5.41) is 0. The van der Waals surface area contributed by atoms with Gasteiger partial charge in [-0.3, -0.25) is 4.98 Å². The molecule has 0 saturated carbocycles. The minimum Gasteiger partial charge on any atom is -0.487 e. The first-order valence-corrected chi connectivity index (χ1v) is 11.5. The second kappa shape index (κ2) is 8.81. The van der Waals surface area contributed by atoms with Gasteiger partial charge in [0, 0.05) is 16.0 Å². The zero-order valence-corrected chi connectivity index (χ0v) is 19.5. The number of thioether (sulfide) groups is 1. The molecule has 1 aliphatic rings. The molecule has 0 fully saturated rings. The number of carbonyl (C=O) groups is 1. The molecule has 0 N–H and O–H groups in total. The molecule has 0 spiro atoms. The molecular formula is C25H30N2O2S. The molecule has 5 heteroatoms. The molecule has 0 saturated heterocycles. The fourth-order valence-electron chi connectivity index (χ4n) is 4.14. The number of ether oxygens (including phenoxy) is 1. The molecule has 3 rings (SSSR count). The average Bonchev–Trinajstić information content (AvgIpc) is 2.67. The van der Waals surface area contributed by atoms with Gasteiger partial charge >= 0.3 is 0 Å². The summed E-state index contributed by atoms with van der Waals surface area (Å²) in [6.07, 6.45) is 5.88. The molecule has 0 bridgehead atoms. The van der Waals surface area contributed by atoms with Crippen LogP contribution in [0.15, 0.2) is 29.4 Å². The highest BCUT2D eigenvalue weighted by molar-refractivity contribution is 7.99. The second-order valence-electron chi connectivity index (χ2n) is 8.93. The van der Waals surface area contributed by atoms with Gasteiger partial charge in [0.2, 0.25) is 0 Å². The Labute approximate surface area is 184 Å². The Bertz CT molecular complexity index is 985. The van der Waals surface area contributed by atoms with E-state index >= 15 is 0 Å². The number of carbonyl (C=O) groups excluding carboxylic acids is 1. The molecular weight excluding hydrogens is 392 g/mol. The van der Waals surface area contributed by atoms with Crippen molar-refractivity contribution >= 4 is 18.0 Å². The van der Waals surface area contributed by atoms with Gasteiger partial charge in [-0.1, -0.05) is 33.6 Å². The van der Waals surface area contributed by atoms with Crippen molar-refractivity contribution < 1.29 is 9.53 Å². The average molecular weight is 423 g/mol. The molecule has 0 amide bonds. The first kappa shape index (κ1) is 22.4. The predicted molar refractivity (Wildman–Crippen MR) is 122 cm³/mol. The largest absolute Gasteiger partial charge is 0.487 e. The third-order valence-electron chi connectivity index (χ3n) is 5.35. The third kappa shape index (κ3) is 4.87. The Morgan fingerprint density at radius 2 is 1.93 bits per heavy atom. The summed E-state index contributed by atoms with van der Waals surface area (Å²) in [5.41, 5.74) is 3.30. The predicted octanol–water partition coefficient (Wildman–Crippen LogP) is 5.52. The SMILES string of the molecule is CCSc1cc2c(cc1C#Cc1cnc(C(C=O)CC)cn1)C(C)(C)CC(C)(C)O2. The van der Waals surface area contributed by atoms with Crippen molar-refractivity contribution in [2.24, 2.45) is 0 Å². The molecule has 158 valence electrons. The maximum atomic E-state index is 11.1. The van der Waals surface area contributed by atoms with Crippen LogP contribution in [0.1, 0.15) is 82.8 Å². The van der Waals surface area contributed by atoms with E-state index in [-0.39, 0.29) is 16.9 Å². The van der Waals surface area contributed by atoms with Crippen molar-refractivity contribution in [3.63, 3.8) is 0 Å². The van der Waals surface area contributed by atoms with E-state index in [4.69, 9.17) is 4.74 Å². The summed E-state index contributed by atoms with van der Waals surface area (Å²) >= 11 is 1.77. The number of hydrogen-bond acceptors (Lipinski definition) is 5. The van der Waals surface area contributed by atoms with E-state index in [9.17, 15) is 4.79 Å². The van der Waals surface area contributed by atoms with E-state index in [1.54, 1.807) is 24.2 Å². The molecule has 30 heavy (non-hydrogen) atoms. The molecule has 1 unspecified atom stereocenters. The minimum absolute atomic E-state index is 0.00831. The number of fused-ring (bicyclic) bond motifs is 1. The lowest BCUT2D eigenvalue weighted by Gasteiger charge is -2.42. The van der Waals surface area contributed by atoms with Crippen molar-refractivity contribution in [1.82, 2.24) is 9.97 Å². The molecule has 2 heterocycles. The van der Waals surface area contributed by atoms with Crippen LogP contribution in [0.4, 0.5) is 0 Å². The second-order valence-corrected chi connectivity index (χ2v) is 10.2. The Balaban J connectivity index is 1.98.